The van der Waals surface area contributed by atoms with Gasteiger partial charge in [-0.2, -0.15) is 0 Å². The third-order valence-corrected chi connectivity index (χ3v) is 8.92. The summed E-state index contributed by atoms with van der Waals surface area (Å²) >= 11 is 0. The Labute approximate surface area is 291 Å². The van der Waals surface area contributed by atoms with Crippen LogP contribution in [0.3, 0.4) is 0 Å². The van der Waals surface area contributed by atoms with Gasteiger partial charge in [0.1, 0.15) is 23.0 Å². The van der Waals surface area contributed by atoms with Crippen LogP contribution in [0.5, 0.6) is 23.0 Å². The fraction of sp³-hybridized carbons (Fsp3) is 0.558. The van der Waals surface area contributed by atoms with E-state index in [1.807, 2.05) is 32.9 Å². The van der Waals surface area contributed by atoms with Crippen LogP contribution in [0.4, 0.5) is 0 Å². The van der Waals surface area contributed by atoms with E-state index in [1.165, 1.54) is 0 Å². The first-order valence-corrected chi connectivity index (χ1v) is 17.5. The molecule has 0 spiro atoms. The number of carbonyl (C=O) groups is 1. The minimum atomic E-state index is -0.263. The standard InChI is InChI=1S/C26H38O2.C17H26O3/c1-10-11-18(21-16(2)12-14-19(23(21)27)25(4,5)6)22-17(3)13-15-20(24(22)28)26(7,8)9;1-8-13(19)20-12-10-9-11(18)14(16(2,3)4)15(12)17(5,6)7/h12-15,18,27-28H,10-11H2,1-9H3;9-10,18H,8H2,1-7H3. The monoisotopic (exact) mass is 660 g/mol. The number of esters is 1. The largest absolute Gasteiger partial charge is 0.508 e. The second-order valence-electron chi connectivity index (χ2n) is 17.4. The van der Waals surface area contributed by atoms with E-state index in [0.717, 1.165) is 57.3 Å². The Hall–Kier alpha value is -3.47. The molecule has 0 radical (unpaired) electrons. The molecule has 0 atom stereocenters. The molecule has 3 N–H and O–H groups in total. The molecule has 0 unspecified atom stereocenters. The van der Waals surface area contributed by atoms with E-state index in [-0.39, 0.29) is 39.3 Å². The lowest BCUT2D eigenvalue weighted by atomic mass is 9.74. The maximum Gasteiger partial charge on any atom is 0.310 e. The predicted octanol–water partition coefficient (Wildman–Crippen LogP) is 11.5. The van der Waals surface area contributed by atoms with Crippen LogP contribution in [0.2, 0.25) is 0 Å². The summed E-state index contributed by atoms with van der Waals surface area (Å²) in [7, 11) is 0. The van der Waals surface area contributed by atoms with Gasteiger partial charge < -0.3 is 20.1 Å². The number of aryl methyl sites for hydroxylation is 2. The van der Waals surface area contributed by atoms with Crippen molar-refractivity contribution >= 4 is 5.97 Å². The molecule has 0 aliphatic heterocycles. The molecule has 266 valence electrons. The molecule has 0 aromatic heterocycles. The molecule has 3 aromatic carbocycles. The number of benzene rings is 3. The van der Waals surface area contributed by atoms with Gasteiger partial charge in [0.2, 0.25) is 0 Å². The van der Waals surface area contributed by atoms with Gasteiger partial charge in [-0.3, -0.25) is 4.79 Å². The predicted molar refractivity (Wildman–Crippen MR) is 201 cm³/mol. The summed E-state index contributed by atoms with van der Waals surface area (Å²) in [6.07, 6.45) is 2.18. The summed E-state index contributed by atoms with van der Waals surface area (Å²) < 4.78 is 5.46. The van der Waals surface area contributed by atoms with E-state index in [2.05, 4.69) is 95.2 Å². The lowest BCUT2D eigenvalue weighted by molar-refractivity contribution is -0.134. The zero-order valence-corrected chi connectivity index (χ0v) is 32.8. The molecule has 0 amide bonds. The highest BCUT2D eigenvalue weighted by Gasteiger charge is 2.33. The molecule has 0 aliphatic rings. The molecule has 0 aliphatic carbocycles. The molecule has 0 heterocycles. The van der Waals surface area contributed by atoms with Crippen LogP contribution < -0.4 is 4.74 Å². The van der Waals surface area contributed by atoms with E-state index in [4.69, 9.17) is 4.74 Å². The summed E-state index contributed by atoms with van der Waals surface area (Å²) in [5.74, 6) is 1.26. The SMILES string of the molecule is CCC(=O)Oc1ccc(O)c(C(C)(C)C)c1C(C)(C)C.CCCC(c1c(C)ccc(C(C)(C)C)c1O)c1c(C)ccc(C(C)(C)C)c1O. The van der Waals surface area contributed by atoms with E-state index in [9.17, 15) is 20.1 Å². The number of rotatable bonds is 6. The van der Waals surface area contributed by atoms with Crippen molar-refractivity contribution in [2.24, 2.45) is 0 Å². The Morgan fingerprint density at radius 2 is 1.04 bits per heavy atom. The second kappa shape index (κ2) is 15.0. The lowest BCUT2D eigenvalue weighted by Crippen LogP contribution is -2.24. The van der Waals surface area contributed by atoms with E-state index in [1.54, 1.807) is 19.1 Å². The fourth-order valence-electron chi connectivity index (χ4n) is 6.59. The maximum atomic E-state index is 11.6. The minimum absolute atomic E-state index is 0.0328. The number of ether oxygens (including phenoxy) is 1. The molecule has 0 saturated carbocycles. The van der Waals surface area contributed by atoms with E-state index >= 15 is 0 Å². The van der Waals surface area contributed by atoms with Crippen molar-refractivity contribution in [2.75, 3.05) is 0 Å². The third kappa shape index (κ3) is 9.36. The van der Waals surface area contributed by atoms with Crippen molar-refractivity contribution in [1.82, 2.24) is 0 Å². The number of hydrogen-bond donors (Lipinski definition) is 3. The average molecular weight is 661 g/mol. The van der Waals surface area contributed by atoms with Crippen LogP contribution in [0, 0.1) is 13.8 Å². The Morgan fingerprint density at radius 1 is 0.625 bits per heavy atom. The summed E-state index contributed by atoms with van der Waals surface area (Å²) in [5.41, 5.74) is 6.95. The second-order valence-corrected chi connectivity index (χ2v) is 17.4. The quantitative estimate of drug-likeness (QED) is 0.181. The molecule has 0 saturated heterocycles. The number of aromatic hydroxyl groups is 3. The van der Waals surface area contributed by atoms with Crippen molar-refractivity contribution in [1.29, 1.82) is 0 Å². The van der Waals surface area contributed by atoms with Crippen molar-refractivity contribution in [2.45, 2.75) is 158 Å². The number of carbonyl (C=O) groups excluding carboxylic acids is 1. The molecule has 5 heteroatoms. The molecule has 48 heavy (non-hydrogen) atoms. The Morgan fingerprint density at radius 3 is 1.38 bits per heavy atom. The van der Waals surface area contributed by atoms with Crippen LogP contribution in [-0.2, 0) is 26.5 Å². The highest BCUT2D eigenvalue weighted by Crippen LogP contribution is 2.48. The average Bonchev–Trinajstić information content (AvgIpc) is 2.91. The van der Waals surface area contributed by atoms with Gasteiger partial charge in [-0.05, 0) is 76.3 Å². The molecule has 5 nitrogen and oxygen atoms in total. The molecular formula is C43H64O5. The van der Waals surface area contributed by atoms with Gasteiger partial charge in [0.15, 0.2) is 0 Å². The topological polar surface area (TPSA) is 87.0 Å². The lowest BCUT2D eigenvalue weighted by Gasteiger charge is -2.32. The first-order valence-electron chi connectivity index (χ1n) is 17.5. The van der Waals surface area contributed by atoms with Crippen LogP contribution in [0.25, 0.3) is 0 Å². The van der Waals surface area contributed by atoms with Gasteiger partial charge in [0, 0.05) is 34.6 Å². The van der Waals surface area contributed by atoms with E-state index < -0.39 is 0 Å². The number of phenols is 3. The van der Waals surface area contributed by atoms with Gasteiger partial charge in [0.05, 0.1) is 0 Å². The zero-order chi connectivity index (χ0) is 37.2. The van der Waals surface area contributed by atoms with Gasteiger partial charge >= 0.3 is 5.97 Å². The molecular weight excluding hydrogens is 596 g/mol. The molecule has 0 fully saturated rings. The van der Waals surface area contributed by atoms with Crippen molar-refractivity contribution < 1.29 is 24.9 Å². The van der Waals surface area contributed by atoms with Crippen LogP contribution >= 0.6 is 0 Å². The highest BCUT2D eigenvalue weighted by atomic mass is 16.5. The first-order chi connectivity index (χ1) is 21.8. The summed E-state index contributed by atoms with van der Waals surface area (Å²) in [6.45, 7) is 33.1. The molecule has 3 aromatic rings. The summed E-state index contributed by atoms with van der Waals surface area (Å²) in [4.78, 5) is 11.6. The summed E-state index contributed by atoms with van der Waals surface area (Å²) in [6, 6.07) is 11.6. The number of phenolic OH excluding ortho intramolecular Hbond substituents is 3. The molecule has 3 rings (SSSR count). The fourth-order valence-corrected chi connectivity index (χ4v) is 6.59. The summed E-state index contributed by atoms with van der Waals surface area (Å²) in [5, 5.41) is 32.9. The maximum absolute atomic E-state index is 11.6. The molecule has 0 bridgehead atoms. The minimum Gasteiger partial charge on any atom is -0.508 e. The van der Waals surface area contributed by atoms with Gasteiger partial charge in [0.25, 0.3) is 0 Å². The van der Waals surface area contributed by atoms with Gasteiger partial charge in [-0.15, -0.1) is 0 Å². The Kier molecular flexibility index (Phi) is 12.7. The van der Waals surface area contributed by atoms with Crippen molar-refractivity contribution in [3.05, 3.63) is 80.9 Å². The first kappa shape index (κ1) is 40.7. The van der Waals surface area contributed by atoms with Gasteiger partial charge in [-0.1, -0.05) is 128 Å². The normalized spacial score (nSPS) is 12.5. The smallest absolute Gasteiger partial charge is 0.310 e. The zero-order valence-electron chi connectivity index (χ0n) is 32.8. The Bertz CT molecular complexity index is 1510. The van der Waals surface area contributed by atoms with Crippen molar-refractivity contribution in [3.63, 3.8) is 0 Å². The third-order valence-electron chi connectivity index (χ3n) is 8.92. The Balaban J connectivity index is 0.000000353. The highest BCUT2D eigenvalue weighted by molar-refractivity contribution is 5.73. The van der Waals surface area contributed by atoms with Crippen LogP contribution in [-0.4, -0.2) is 21.3 Å². The van der Waals surface area contributed by atoms with Crippen molar-refractivity contribution in [3.8, 4) is 23.0 Å². The van der Waals surface area contributed by atoms with Crippen LogP contribution in [0.15, 0.2) is 36.4 Å². The van der Waals surface area contributed by atoms with Gasteiger partial charge in [-0.25, -0.2) is 0 Å². The van der Waals surface area contributed by atoms with E-state index in [0.29, 0.717) is 23.7 Å². The van der Waals surface area contributed by atoms with Crippen LogP contribution in [0.1, 0.15) is 167 Å². The number of hydrogen-bond acceptors (Lipinski definition) is 5.